The molecule has 39 heavy (non-hydrogen) atoms. The van der Waals surface area contributed by atoms with Crippen LogP contribution in [0.5, 0.6) is 0 Å². The lowest BCUT2D eigenvalue weighted by atomic mass is 9.43. The van der Waals surface area contributed by atoms with Gasteiger partial charge >= 0.3 is 0 Å². The van der Waals surface area contributed by atoms with Gasteiger partial charge in [-0.1, -0.05) is 39.8 Å². The lowest BCUT2D eigenvalue weighted by molar-refractivity contribution is -0.145. The van der Waals surface area contributed by atoms with Crippen molar-refractivity contribution in [3.8, 4) is 0 Å². The second-order valence-corrected chi connectivity index (χ2v) is 12.9. The van der Waals surface area contributed by atoms with E-state index in [9.17, 15) is 9.59 Å². The molecule has 3 saturated carbocycles. The molecule has 1 saturated heterocycles. The van der Waals surface area contributed by atoms with Crippen LogP contribution in [0.3, 0.4) is 0 Å². The highest BCUT2D eigenvalue weighted by molar-refractivity contribution is 6.24. The molecule has 5 aliphatic rings. The van der Waals surface area contributed by atoms with Gasteiger partial charge in [0, 0.05) is 11.3 Å². The number of allylic oxidation sites excluding steroid dienone is 1. The van der Waals surface area contributed by atoms with Crippen LogP contribution in [0.1, 0.15) is 91.0 Å². The second kappa shape index (κ2) is 11.1. The molecule has 4 aliphatic carbocycles. The zero-order valence-electron chi connectivity index (χ0n) is 25.4. The number of rotatable bonds is 5. The number of hydrogen-bond donors (Lipinski definition) is 1. The van der Waals surface area contributed by atoms with E-state index in [1.54, 1.807) is 0 Å². The standard InChI is InChI=1S/C29H37NO4.C2H7N.C2H6/c1-18-6-5-7-23(30-18)19-8-13-29-24(34-29)16-20-21-9-11-26(2,14-15-33-17-31)27(21,3)12-10-22(20)28(29,4)25(19)32;1-3-2;1-2/h5-8,17,20-22,24H,9-16H2,1-4H3;3H,1-2H3;1-2H3. The zero-order chi connectivity index (χ0) is 28.6. The Bertz CT molecular complexity index is 1100. The molecule has 1 aromatic rings. The number of carbonyl (C=O) groups is 2. The molecule has 2 heterocycles. The highest BCUT2D eigenvalue weighted by Gasteiger charge is 2.78. The zero-order valence-corrected chi connectivity index (χ0v) is 25.4. The summed E-state index contributed by atoms with van der Waals surface area (Å²) in [4.78, 5) is 29.8. The smallest absolute Gasteiger partial charge is 0.293 e. The Hall–Kier alpha value is -2.05. The van der Waals surface area contributed by atoms with E-state index >= 15 is 0 Å². The number of aromatic nitrogens is 1. The van der Waals surface area contributed by atoms with Crippen molar-refractivity contribution >= 4 is 17.8 Å². The molecule has 6 rings (SSSR count). The van der Waals surface area contributed by atoms with Crippen molar-refractivity contribution in [2.75, 3.05) is 20.7 Å². The lowest BCUT2D eigenvalue weighted by Crippen LogP contribution is -2.61. The molecule has 0 radical (unpaired) electrons. The van der Waals surface area contributed by atoms with Crippen LogP contribution < -0.4 is 5.32 Å². The van der Waals surface area contributed by atoms with Gasteiger partial charge in [0.2, 0.25) is 0 Å². The van der Waals surface area contributed by atoms with Crippen LogP contribution in [0.2, 0.25) is 0 Å². The molecular formula is C33H50N2O4. The number of aryl methyl sites for hydroxylation is 1. The Labute approximate surface area is 235 Å². The number of nitrogens with one attached hydrogen (secondary N) is 1. The van der Waals surface area contributed by atoms with E-state index in [0.29, 0.717) is 30.8 Å². The van der Waals surface area contributed by atoms with Gasteiger partial charge < -0.3 is 14.8 Å². The first-order valence-corrected chi connectivity index (χ1v) is 15.1. The Morgan fingerprint density at radius 1 is 1.13 bits per heavy atom. The second-order valence-electron chi connectivity index (χ2n) is 12.9. The van der Waals surface area contributed by atoms with Crippen molar-refractivity contribution in [2.45, 2.75) is 98.2 Å². The average molecular weight is 539 g/mol. The van der Waals surface area contributed by atoms with Crippen molar-refractivity contribution in [1.29, 1.82) is 0 Å². The predicted octanol–water partition coefficient (Wildman–Crippen LogP) is 6.17. The number of epoxide rings is 1. The van der Waals surface area contributed by atoms with Crippen LogP contribution in [-0.2, 0) is 19.1 Å². The number of ketones is 1. The molecule has 216 valence electrons. The summed E-state index contributed by atoms with van der Waals surface area (Å²) < 4.78 is 11.6. The fourth-order valence-corrected chi connectivity index (χ4v) is 9.21. The summed E-state index contributed by atoms with van der Waals surface area (Å²) in [5.74, 6) is 1.69. The van der Waals surface area contributed by atoms with E-state index in [1.165, 1.54) is 12.8 Å². The minimum Gasteiger partial charge on any atom is -0.468 e. The van der Waals surface area contributed by atoms with Crippen LogP contribution in [0.15, 0.2) is 24.3 Å². The maximum atomic E-state index is 14.3. The van der Waals surface area contributed by atoms with Gasteiger partial charge in [0.1, 0.15) is 5.60 Å². The first-order valence-electron chi connectivity index (χ1n) is 15.1. The minimum atomic E-state index is -0.489. The molecular weight excluding hydrogens is 488 g/mol. The van der Waals surface area contributed by atoms with E-state index in [2.05, 4.69) is 32.2 Å². The van der Waals surface area contributed by atoms with Crippen LogP contribution in [0, 0.1) is 40.9 Å². The molecule has 4 fully saturated rings. The molecule has 1 N–H and O–H groups in total. The number of ether oxygens (including phenoxy) is 2. The number of nitrogens with zero attached hydrogens (tertiary/aromatic N) is 1. The molecule has 0 bridgehead atoms. The number of pyridine rings is 1. The minimum absolute atomic E-state index is 0.165. The van der Waals surface area contributed by atoms with Crippen molar-refractivity contribution in [2.24, 2.45) is 34.0 Å². The van der Waals surface area contributed by atoms with E-state index < -0.39 is 5.41 Å². The van der Waals surface area contributed by atoms with Gasteiger partial charge in [-0.3, -0.25) is 14.6 Å². The Morgan fingerprint density at radius 3 is 2.49 bits per heavy atom. The predicted molar refractivity (Wildman–Crippen MR) is 155 cm³/mol. The summed E-state index contributed by atoms with van der Waals surface area (Å²) >= 11 is 0. The van der Waals surface area contributed by atoms with E-state index in [-0.39, 0.29) is 28.3 Å². The lowest BCUT2D eigenvalue weighted by Gasteiger charge is -2.59. The average Bonchev–Trinajstić information content (AvgIpc) is 3.56. The molecule has 0 amide bonds. The third-order valence-electron chi connectivity index (χ3n) is 11.5. The quantitative estimate of drug-likeness (QED) is 0.274. The molecule has 0 aromatic carbocycles. The van der Waals surface area contributed by atoms with E-state index in [1.807, 2.05) is 53.1 Å². The number of carbonyl (C=O) groups excluding carboxylic acids is 2. The number of Topliss-reactive ketones (excluding diaryl/α,β-unsaturated/α-hetero) is 1. The third-order valence-corrected chi connectivity index (χ3v) is 11.5. The van der Waals surface area contributed by atoms with Crippen molar-refractivity contribution in [3.05, 3.63) is 35.7 Å². The van der Waals surface area contributed by atoms with E-state index in [4.69, 9.17) is 14.5 Å². The Morgan fingerprint density at radius 2 is 1.82 bits per heavy atom. The molecule has 6 nitrogen and oxygen atoms in total. The monoisotopic (exact) mass is 538 g/mol. The van der Waals surface area contributed by atoms with Gasteiger partial charge in [0.05, 0.1) is 23.8 Å². The summed E-state index contributed by atoms with van der Waals surface area (Å²) in [5.41, 5.74) is 2.12. The van der Waals surface area contributed by atoms with Crippen molar-refractivity contribution in [1.82, 2.24) is 10.3 Å². The summed E-state index contributed by atoms with van der Waals surface area (Å²) in [5, 5.41) is 2.75. The Balaban J connectivity index is 0.000000662. The molecule has 8 unspecified atom stereocenters. The topological polar surface area (TPSA) is 80.8 Å². The van der Waals surface area contributed by atoms with Crippen LogP contribution >= 0.6 is 0 Å². The van der Waals surface area contributed by atoms with Gasteiger partial charge in [-0.25, -0.2) is 0 Å². The maximum absolute atomic E-state index is 14.3. The largest absolute Gasteiger partial charge is 0.468 e. The summed E-state index contributed by atoms with van der Waals surface area (Å²) in [6.45, 7) is 14.2. The molecule has 1 aliphatic heterocycles. The van der Waals surface area contributed by atoms with Gasteiger partial charge in [0.15, 0.2) is 5.78 Å². The highest BCUT2D eigenvalue weighted by Crippen LogP contribution is 2.75. The molecule has 1 spiro atoms. The number of fused-ring (bicyclic) bond motifs is 4. The van der Waals surface area contributed by atoms with Crippen LogP contribution in [0.4, 0.5) is 0 Å². The molecule has 6 heteroatoms. The molecule has 8 atom stereocenters. The third kappa shape index (κ3) is 4.41. The summed E-state index contributed by atoms with van der Waals surface area (Å²) in [6, 6.07) is 5.96. The number of hydrogen-bond acceptors (Lipinski definition) is 6. The first-order chi connectivity index (χ1) is 18.6. The van der Waals surface area contributed by atoms with Gasteiger partial charge in [0.25, 0.3) is 6.47 Å². The van der Waals surface area contributed by atoms with Crippen LogP contribution in [0.25, 0.3) is 5.57 Å². The SMILES string of the molecule is CC.CNC.Cc1cccc(C2=CCC34OC3CC3C5CCC(C)(CCOC=O)C5(C)CCC3C4(C)C2=O)n1. The normalized spacial score (nSPS) is 41.1. The van der Waals surface area contributed by atoms with Crippen LogP contribution in [-0.4, -0.2) is 49.6 Å². The van der Waals surface area contributed by atoms with Gasteiger partial charge in [-0.15, -0.1) is 0 Å². The molecule has 1 aromatic heterocycles. The van der Waals surface area contributed by atoms with Crippen molar-refractivity contribution < 1.29 is 19.1 Å². The fourth-order valence-electron chi connectivity index (χ4n) is 9.21. The Kier molecular flexibility index (Phi) is 8.50. The van der Waals surface area contributed by atoms with E-state index in [0.717, 1.165) is 49.1 Å². The maximum Gasteiger partial charge on any atom is 0.293 e. The van der Waals surface area contributed by atoms with Crippen molar-refractivity contribution in [3.63, 3.8) is 0 Å². The van der Waals surface area contributed by atoms with Gasteiger partial charge in [-0.05, 0) is 114 Å². The summed E-state index contributed by atoms with van der Waals surface area (Å²) in [7, 11) is 3.75. The highest BCUT2D eigenvalue weighted by atomic mass is 16.6. The summed E-state index contributed by atoms with van der Waals surface area (Å²) in [6.07, 6.45) is 9.68. The van der Waals surface area contributed by atoms with Gasteiger partial charge in [-0.2, -0.15) is 0 Å². The fraction of sp³-hybridized carbons (Fsp3) is 0.727. The first kappa shape index (κ1) is 29.9.